The van der Waals surface area contributed by atoms with Gasteiger partial charge in [-0.25, -0.2) is 9.97 Å². The van der Waals surface area contributed by atoms with Crippen LogP contribution in [0.5, 0.6) is 0 Å². The van der Waals surface area contributed by atoms with Gasteiger partial charge in [-0.15, -0.1) is 11.3 Å². The number of fused-ring (bicyclic) bond motifs is 3. The first-order chi connectivity index (χ1) is 12.2. The van der Waals surface area contributed by atoms with Crippen molar-refractivity contribution in [3.63, 3.8) is 0 Å². The number of aryl methyl sites for hydroxylation is 2. The number of esters is 2. The van der Waals surface area contributed by atoms with Crippen molar-refractivity contribution in [1.29, 1.82) is 0 Å². The maximum absolute atomic E-state index is 12.2. The summed E-state index contributed by atoms with van der Waals surface area (Å²) in [7, 11) is 0. The third kappa shape index (κ3) is 3.79. The van der Waals surface area contributed by atoms with E-state index in [4.69, 9.17) is 9.47 Å². The topological polar surface area (TPSA) is 78.4 Å². The smallest absolute Gasteiger partial charge is 0.331 e. The van der Waals surface area contributed by atoms with E-state index in [0.29, 0.717) is 5.03 Å². The normalized spacial score (nSPS) is 13.7. The van der Waals surface area contributed by atoms with Gasteiger partial charge < -0.3 is 9.47 Å². The molecule has 0 fully saturated rings. The summed E-state index contributed by atoms with van der Waals surface area (Å²) in [6.45, 7) is 3.84. The Morgan fingerprint density at radius 1 is 1.16 bits per heavy atom. The molecule has 0 N–H and O–H groups in total. The molecule has 0 aromatic carbocycles. The maximum Gasteiger partial charge on any atom is 0.331 e. The number of ether oxygens (including phenoxy) is 2. The SMILES string of the molecule is CCOC(=O)C(Sc1ncnc2sc3c(c12)CCCC3)C(=O)OCC. The summed E-state index contributed by atoms with van der Waals surface area (Å²) in [5, 5.41) is 0.554. The molecule has 2 heterocycles. The van der Waals surface area contributed by atoms with E-state index >= 15 is 0 Å². The summed E-state index contributed by atoms with van der Waals surface area (Å²) >= 11 is 2.78. The molecule has 8 heteroatoms. The van der Waals surface area contributed by atoms with Gasteiger partial charge in [-0.05, 0) is 45.1 Å². The van der Waals surface area contributed by atoms with Crippen molar-refractivity contribution in [2.75, 3.05) is 13.2 Å². The quantitative estimate of drug-likeness (QED) is 0.330. The predicted molar refractivity (Wildman–Crippen MR) is 97.0 cm³/mol. The molecule has 0 amide bonds. The van der Waals surface area contributed by atoms with Gasteiger partial charge in [0.1, 0.15) is 16.2 Å². The molecule has 0 bridgehead atoms. The molecule has 0 radical (unpaired) electrons. The predicted octanol–water partition coefficient (Wildman–Crippen LogP) is 3.16. The number of thioether (sulfide) groups is 1. The van der Waals surface area contributed by atoms with Gasteiger partial charge >= 0.3 is 11.9 Å². The second kappa shape index (κ2) is 8.14. The van der Waals surface area contributed by atoms with Crippen molar-refractivity contribution >= 4 is 45.3 Å². The van der Waals surface area contributed by atoms with Crippen molar-refractivity contribution in [1.82, 2.24) is 9.97 Å². The number of carbonyl (C=O) groups is 2. The third-order valence-electron chi connectivity index (χ3n) is 3.95. The largest absolute Gasteiger partial charge is 0.465 e. The van der Waals surface area contributed by atoms with Gasteiger partial charge in [-0.1, -0.05) is 11.8 Å². The minimum absolute atomic E-state index is 0.211. The minimum Gasteiger partial charge on any atom is -0.465 e. The molecule has 0 saturated carbocycles. The molecular weight excluding hydrogens is 360 g/mol. The van der Waals surface area contributed by atoms with Gasteiger partial charge in [-0.2, -0.15) is 0 Å². The van der Waals surface area contributed by atoms with E-state index in [-0.39, 0.29) is 13.2 Å². The minimum atomic E-state index is -1.07. The van der Waals surface area contributed by atoms with Crippen molar-refractivity contribution < 1.29 is 19.1 Å². The Bertz CT molecular complexity index is 772. The Morgan fingerprint density at radius 3 is 2.52 bits per heavy atom. The molecule has 3 rings (SSSR count). The third-order valence-corrected chi connectivity index (χ3v) is 6.30. The first-order valence-corrected chi connectivity index (χ1v) is 10.1. The second-order valence-corrected chi connectivity index (χ2v) is 7.75. The Kier molecular flexibility index (Phi) is 5.90. The lowest BCUT2D eigenvalue weighted by atomic mass is 9.97. The van der Waals surface area contributed by atoms with Crippen LogP contribution in [0.3, 0.4) is 0 Å². The summed E-state index contributed by atoms with van der Waals surface area (Å²) in [5.41, 5.74) is 1.26. The standard InChI is InChI=1S/C17H20N2O4S2/c1-3-22-16(20)13(17(21)23-4-2)25-15-12-10-7-5-6-8-11(10)24-14(12)18-9-19-15/h9,13H,3-8H2,1-2H3. The molecule has 0 atom stereocenters. The van der Waals surface area contributed by atoms with Crippen LogP contribution in [0.25, 0.3) is 10.2 Å². The summed E-state index contributed by atoms with van der Waals surface area (Å²) in [4.78, 5) is 35.5. The van der Waals surface area contributed by atoms with Crippen LogP contribution in [0.4, 0.5) is 0 Å². The van der Waals surface area contributed by atoms with Crippen LogP contribution >= 0.6 is 23.1 Å². The van der Waals surface area contributed by atoms with Gasteiger partial charge in [0.15, 0.2) is 0 Å². The Morgan fingerprint density at radius 2 is 1.84 bits per heavy atom. The zero-order valence-electron chi connectivity index (χ0n) is 14.2. The van der Waals surface area contributed by atoms with E-state index in [1.807, 2.05) is 0 Å². The monoisotopic (exact) mass is 380 g/mol. The maximum atomic E-state index is 12.2. The Balaban J connectivity index is 1.97. The highest BCUT2D eigenvalue weighted by molar-refractivity contribution is 8.01. The zero-order valence-corrected chi connectivity index (χ0v) is 15.9. The molecule has 6 nitrogen and oxygen atoms in total. The lowest BCUT2D eigenvalue weighted by Gasteiger charge is -2.15. The number of hydrogen-bond donors (Lipinski definition) is 0. The molecule has 1 aliphatic carbocycles. The molecule has 0 saturated heterocycles. The summed E-state index contributed by atoms with van der Waals surface area (Å²) < 4.78 is 10.1. The number of thiophene rings is 1. The van der Waals surface area contributed by atoms with Gasteiger partial charge in [0, 0.05) is 10.3 Å². The molecule has 134 valence electrons. The zero-order chi connectivity index (χ0) is 17.8. The lowest BCUT2D eigenvalue weighted by Crippen LogP contribution is -2.31. The van der Waals surface area contributed by atoms with E-state index in [1.165, 1.54) is 23.2 Å². The van der Waals surface area contributed by atoms with Crippen molar-refractivity contribution in [2.24, 2.45) is 0 Å². The fourth-order valence-electron chi connectivity index (χ4n) is 2.89. The van der Waals surface area contributed by atoms with Crippen molar-refractivity contribution in [3.05, 3.63) is 16.8 Å². The van der Waals surface area contributed by atoms with Gasteiger partial charge in [0.05, 0.1) is 13.2 Å². The highest BCUT2D eigenvalue weighted by Gasteiger charge is 2.33. The van der Waals surface area contributed by atoms with Gasteiger partial charge in [0.2, 0.25) is 5.25 Å². The van der Waals surface area contributed by atoms with Crippen LogP contribution in [0.2, 0.25) is 0 Å². The average Bonchev–Trinajstić information content (AvgIpc) is 2.99. The van der Waals surface area contributed by atoms with Crippen LogP contribution in [-0.2, 0) is 31.9 Å². The average molecular weight is 380 g/mol. The van der Waals surface area contributed by atoms with E-state index in [0.717, 1.165) is 41.2 Å². The van der Waals surface area contributed by atoms with Crippen LogP contribution in [0, 0.1) is 0 Å². The van der Waals surface area contributed by atoms with Crippen molar-refractivity contribution in [2.45, 2.75) is 49.8 Å². The molecule has 25 heavy (non-hydrogen) atoms. The molecule has 1 aliphatic rings. The van der Waals surface area contributed by atoms with E-state index in [2.05, 4.69) is 9.97 Å². The Hall–Kier alpha value is -1.67. The first kappa shape index (κ1) is 18.1. The van der Waals surface area contributed by atoms with Crippen molar-refractivity contribution in [3.8, 4) is 0 Å². The first-order valence-electron chi connectivity index (χ1n) is 8.40. The fourth-order valence-corrected chi connectivity index (χ4v) is 5.18. The number of aromatic nitrogens is 2. The van der Waals surface area contributed by atoms with E-state index in [9.17, 15) is 9.59 Å². The molecule has 0 spiro atoms. The highest BCUT2D eigenvalue weighted by Crippen LogP contribution is 2.40. The van der Waals surface area contributed by atoms with Crippen LogP contribution < -0.4 is 0 Å². The molecular formula is C17H20N2O4S2. The lowest BCUT2D eigenvalue weighted by molar-refractivity contribution is -0.152. The van der Waals surface area contributed by atoms with E-state index in [1.54, 1.807) is 25.2 Å². The fraction of sp³-hybridized carbons (Fsp3) is 0.529. The number of nitrogens with zero attached hydrogens (tertiary/aromatic N) is 2. The molecule has 2 aromatic heterocycles. The summed E-state index contributed by atoms with van der Waals surface area (Å²) in [6.07, 6.45) is 5.85. The van der Waals surface area contributed by atoms with E-state index < -0.39 is 17.2 Å². The van der Waals surface area contributed by atoms with Gasteiger partial charge in [0.25, 0.3) is 0 Å². The number of rotatable bonds is 6. The van der Waals surface area contributed by atoms with Gasteiger partial charge in [-0.3, -0.25) is 9.59 Å². The number of carbonyl (C=O) groups excluding carboxylic acids is 2. The number of hydrogen-bond acceptors (Lipinski definition) is 8. The van der Waals surface area contributed by atoms with Crippen LogP contribution in [0.15, 0.2) is 11.4 Å². The second-order valence-electron chi connectivity index (χ2n) is 5.57. The molecule has 0 unspecified atom stereocenters. The molecule has 2 aromatic rings. The summed E-state index contributed by atoms with van der Waals surface area (Å²) in [5.74, 6) is -1.19. The Labute approximate surface area is 154 Å². The summed E-state index contributed by atoms with van der Waals surface area (Å²) in [6, 6.07) is 0. The van der Waals surface area contributed by atoms with Crippen LogP contribution in [-0.4, -0.2) is 40.4 Å². The molecule has 0 aliphatic heterocycles. The highest BCUT2D eigenvalue weighted by atomic mass is 32.2. The van der Waals surface area contributed by atoms with Crippen LogP contribution in [0.1, 0.15) is 37.1 Å².